The van der Waals surface area contributed by atoms with Crippen molar-refractivity contribution in [3.05, 3.63) is 71.5 Å². The lowest BCUT2D eigenvalue weighted by Crippen LogP contribution is -2.32. The summed E-state index contributed by atoms with van der Waals surface area (Å²) in [5.74, 6) is 0.750. The van der Waals surface area contributed by atoms with Crippen LogP contribution in [-0.2, 0) is 23.8 Å². The Morgan fingerprint density at radius 1 is 1.10 bits per heavy atom. The summed E-state index contributed by atoms with van der Waals surface area (Å²) in [5, 5.41) is 11.1. The van der Waals surface area contributed by atoms with E-state index in [1.54, 1.807) is 10.6 Å². The predicted octanol–water partition coefficient (Wildman–Crippen LogP) is 4.20. The number of benzene rings is 2. The van der Waals surface area contributed by atoms with Gasteiger partial charge < -0.3 is 5.32 Å². The van der Waals surface area contributed by atoms with Gasteiger partial charge in [0.15, 0.2) is 5.82 Å². The second-order valence-corrected chi connectivity index (χ2v) is 7.32. The van der Waals surface area contributed by atoms with Crippen LogP contribution in [0.2, 0.25) is 0 Å². The van der Waals surface area contributed by atoms with Crippen molar-refractivity contribution in [2.45, 2.75) is 37.9 Å². The number of carbonyl (C=O) groups excluding carboxylic acids is 1. The first-order valence-corrected chi connectivity index (χ1v) is 9.86. The fraction of sp³-hybridized carbons (Fsp3) is 0.318. The number of rotatable bonds is 6. The first kappa shape index (κ1) is 20.1. The first-order valence-electron chi connectivity index (χ1n) is 9.86. The van der Waals surface area contributed by atoms with Crippen molar-refractivity contribution in [1.29, 1.82) is 0 Å². The molecule has 0 spiro atoms. The molecule has 0 radical (unpaired) electrons. The van der Waals surface area contributed by atoms with Gasteiger partial charge in [0.2, 0.25) is 5.91 Å². The van der Waals surface area contributed by atoms with E-state index in [4.69, 9.17) is 0 Å². The van der Waals surface area contributed by atoms with E-state index >= 15 is 0 Å². The van der Waals surface area contributed by atoms with Gasteiger partial charge >= 0.3 is 6.18 Å². The molecule has 5 nitrogen and oxygen atoms in total. The Bertz CT molecular complexity index is 1030. The SMILES string of the molecule is O=C(NCCCc1ccccc1)C1CCc2nnc(-c3cccc(C(F)(F)F)c3)n21. The average Bonchev–Trinajstić information content (AvgIpc) is 3.33. The molecule has 2 aromatic carbocycles. The summed E-state index contributed by atoms with van der Waals surface area (Å²) in [7, 11) is 0. The predicted molar refractivity (Wildman–Crippen MR) is 106 cm³/mol. The molecular weight excluding hydrogens is 393 g/mol. The summed E-state index contributed by atoms with van der Waals surface area (Å²) >= 11 is 0. The molecule has 1 N–H and O–H groups in total. The molecule has 4 rings (SSSR count). The Morgan fingerprint density at radius 3 is 2.67 bits per heavy atom. The maximum atomic E-state index is 13.1. The highest BCUT2D eigenvalue weighted by Crippen LogP contribution is 2.35. The average molecular weight is 414 g/mol. The minimum atomic E-state index is -4.45. The Morgan fingerprint density at radius 2 is 1.90 bits per heavy atom. The van der Waals surface area contributed by atoms with Crippen LogP contribution in [0.15, 0.2) is 54.6 Å². The Kier molecular flexibility index (Phi) is 5.57. The summed E-state index contributed by atoms with van der Waals surface area (Å²) in [6, 6.07) is 14.5. The lowest BCUT2D eigenvalue weighted by atomic mass is 10.1. The number of nitrogens with zero attached hydrogens (tertiary/aromatic N) is 3. The van der Waals surface area contributed by atoms with Crippen LogP contribution in [0.5, 0.6) is 0 Å². The van der Waals surface area contributed by atoms with E-state index in [0.717, 1.165) is 25.0 Å². The number of fused-ring (bicyclic) bond motifs is 1. The van der Waals surface area contributed by atoms with Gasteiger partial charge in [0.05, 0.1) is 5.56 Å². The van der Waals surface area contributed by atoms with E-state index < -0.39 is 17.8 Å². The molecule has 0 bridgehead atoms. The molecule has 8 heteroatoms. The maximum Gasteiger partial charge on any atom is 0.416 e. The van der Waals surface area contributed by atoms with E-state index in [0.29, 0.717) is 30.8 Å². The summed E-state index contributed by atoms with van der Waals surface area (Å²) in [5.41, 5.74) is 0.755. The number of carbonyl (C=O) groups is 1. The van der Waals surface area contributed by atoms with Crippen molar-refractivity contribution in [3.8, 4) is 11.4 Å². The molecule has 1 aliphatic heterocycles. The molecule has 0 aliphatic carbocycles. The molecule has 1 amide bonds. The molecule has 0 saturated carbocycles. The van der Waals surface area contributed by atoms with Crippen molar-refractivity contribution in [3.63, 3.8) is 0 Å². The summed E-state index contributed by atoms with van der Waals surface area (Å²) in [6.07, 6.45) is -1.66. The van der Waals surface area contributed by atoms with Gasteiger partial charge in [-0.05, 0) is 37.0 Å². The highest BCUT2D eigenvalue weighted by atomic mass is 19.4. The number of aromatic nitrogens is 3. The molecule has 1 aliphatic rings. The molecule has 1 unspecified atom stereocenters. The van der Waals surface area contributed by atoms with Crippen molar-refractivity contribution in [2.75, 3.05) is 6.54 Å². The summed E-state index contributed by atoms with van der Waals surface area (Å²) in [4.78, 5) is 12.8. The molecule has 1 atom stereocenters. The van der Waals surface area contributed by atoms with Crippen LogP contribution >= 0.6 is 0 Å². The molecular formula is C22H21F3N4O. The molecule has 0 fully saturated rings. The van der Waals surface area contributed by atoms with Crippen LogP contribution in [0.1, 0.15) is 35.8 Å². The van der Waals surface area contributed by atoms with Gasteiger partial charge in [-0.2, -0.15) is 13.2 Å². The van der Waals surface area contributed by atoms with E-state index in [9.17, 15) is 18.0 Å². The second kappa shape index (κ2) is 8.30. The zero-order valence-electron chi connectivity index (χ0n) is 16.2. The third kappa shape index (κ3) is 4.22. The van der Waals surface area contributed by atoms with Gasteiger partial charge in [0.1, 0.15) is 11.9 Å². The Labute approximate surface area is 171 Å². The van der Waals surface area contributed by atoms with Crippen LogP contribution in [0.4, 0.5) is 13.2 Å². The van der Waals surface area contributed by atoms with Crippen molar-refractivity contribution < 1.29 is 18.0 Å². The van der Waals surface area contributed by atoms with Gasteiger partial charge in [0, 0.05) is 18.5 Å². The zero-order valence-corrected chi connectivity index (χ0v) is 16.2. The van der Waals surface area contributed by atoms with Crippen molar-refractivity contribution >= 4 is 5.91 Å². The minimum Gasteiger partial charge on any atom is -0.354 e. The molecule has 2 heterocycles. The van der Waals surface area contributed by atoms with Gasteiger partial charge in [-0.3, -0.25) is 9.36 Å². The van der Waals surface area contributed by atoms with Crippen LogP contribution in [-0.4, -0.2) is 27.2 Å². The maximum absolute atomic E-state index is 13.1. The van der Waals surface area contributed by atoms with Crippen molar-refractivity contribution in [1.82, 2.24) is 20.1 Å². The van der Waals surface area contributed by atoms with Crippen LogP contribution in [0, 0.1) is 0 Å². The number of hydrogen-bond donors (Lipinski definition) is 1. The number of halogens is 3. The smallest absolute Gasteiger partial charge is 0.354 e. The monoisotopic (exact) mass is 414 g/mol. The number of nitrogens with one attached hydrogen (secondary N) is 1. The van der Waals surface area contributed by atoms with Gasteiger partial charge in [-0.25, -0.2) is 0 Å². The molecule has 0 saturated heterocycles. The third-order valence-corrected chi connectivity index (χ3v) is 5.25. The molecule has 1 aromatic heterocycles. The van der Waals surface area contributed by atoms with E-state index in [-0.39, 0.29) is 11.7 Å². The van der Waals surface area contributed by atoms with Gasteiger partial charge in [-0.1, -0.05) is 42.5 Å². The first-order chi connectivity index (χ1) is 14.4. The Balaban J connectivity index is 1.45. The van der Waals surface area contributed by atoms with Crippen LogP contribution in [0.3, 0.4) is 0 Å². The Hall–Kier alpha value is -3.16. The normalized spacial score (nSPS) is 15.8. The van der Waals surface area contributed by atoms with Crippen molar-refractivity contribution in [2.24, 2.45) is 0 Å². The number of aryl methyl sites for hydroxylation is 2. The number of amides is 1. The minimum absolute atomic E-state index is 0.158. The topological polar surface area (TPSA) is 59.8 Å². The molecule has 30 heavy (non-hydrogen) atoms. The quantitative estimate of drug-likeness (QED) is 0.615. The zero-order chi connectivity index (χ0) is 21.1. The second-order valence-electron chi connectivity index (χ2n) is 7.32. The third-order valence-electron chi connectivity index (χ3n) is 5.25. The molecule has 156 valence electrons. The highest BCUT2D eigenvalue weighted by molar-refractivity contribution is 5.81. The fourth-order valence-electron chi connectivity index (χ4n) is 3.76. The lowest BCUT2D eigenvalue weighted by molar-refractivity contribution is -0.137. The number of hydrogen-bond acceptors (Lipinski definition) is 3. The number of alkyl halides is 3. The highest BCUT2D eigenvalue weighted by Gasteiger charge is 2.34. The van der Waals surface area contributed by atoms with Gasteiger partial charge in [0.25, 0.3) is 0 Å². The lowest BCUT2D eigenvalue weighted by Gasteiger charge is -2.16. The standard InChI is InChI=1S/C22H21F3N4O/c23-22(24,25)17-10-4-9-16(14-17)20-28-27-19-12-11-18(29(19)20)21(30)26-13-5-8-15-6-2-1-3-7-15/h1-4,6-7,9-10,14,18H,5,8,11-13H2,(H,26,30). The van der Waals surface area contributed by atoms with E-state index in [1.807, 2.05) is 30.3 Å². The van der Waals surface area contributed by atoms with E-state index in [2.05, 4.69) is 15.5 Å². The molecule has 3 aromatic rings. The summed E-state index contributed by atoms with van der Waals surface area (Å²) in [6.45, 7) is 0.528. The summed E-state index contributed by atoms with van der Waals surface area (Å²) < 4.78 is 40.9. The van der Waals surface area contributed by atoms with Crippen LogP contribution < -0.4 is 5.32 Å². The largest absolute Gasteiger partial charge is 0.416 e. The van der Waals surface area contributed by atoms with E-state index in [1.165, 1.54) is 11.6 Å². The van der Waals surface area contributed by atoms with Gasteiger partial charge in [-0.15, -0.1) is 10.2 Å². The fourth-order valence-corrected chi connectivity index (χ4v) is 3.76. The van der Waals surface area contributed by atoms with Crippen LogP contribution in [0.25, 0.3) is 11.4 Å².